The van der Waals surface area contributed by atoms with E-state index in [2.05, 4.69) is 41.8 Å². The maximum atomic E-state index is 5.94. The van der Waals surface area contributed by atoms with Gasteiger partial charge in [0.25, 0.3) is 0 Å². The van der Waals surface area contributed by atoms with E-state index in [-0.39, 0.29) is 0 Å². The largest absolute Gasteiger partial charge is 0.399 e. The Balaban J connectivity index is 1.98. The minimum Gasteiger partial charge on any atom is -0.399 e. The number of fused-ring (bicyclic) bond motifs is 1. The molecule has 3 heteroatoms. The standard InChI is InChI=1S/C18H19N3/c1-11-3-8-17-16(9-11)20-18(21(17)14-5-6-14)13-4-7-15(19)12(2)10-13/h3-4,7-10,14H,5-6,19H2,1-2H3. The number of anilines is 1. The van der Waals surface area contributed by atoms with E-state index in [1.54, 1.807) is 0 Å². The molecule has 0 aliphatic heterocycles. The number of rotatable bonds is 2. The quantitative estimate of drug-likeness (QED) is 0.712. The average molecular weight is 277 g/mol. The van der Waals surface area contributed by atoms with Crippen molar-refractivity contribution in [3.8, 4) is 11.4 Å². The van der Waals surface area contributed by atoms with Gasteiger partial charge in [-0.2, -0.15) is 0 Å². The van der Waals surface area contributed by atoms with Crippen molar-refractivity contribution in [2.24, 2.45) is 0 Å². The molecule has 1 aliphatic rings. The SMILES string of the molecule is Cc1ccc2c(c1)nc(-c1ccc(N)c(C)c1)n2C1CC1. The van der Waals surface area contributed by atoms with Gasteiger partial charge in [0, 0.05) is 17.3 Å². The number of aryl methyl sites for hydroxylation is 2. The van der Waals surface area contributed by atoms with E-state index in [0.717, 1.165) is 28.2 Å². The molecule has 0 spiro atoms. The molecule has 2 aromatic carbocycles. The van der Waals surface area contributed by atoms with Crippen molar-refractivity contribution in [2.45, 2.75) is 32.7 Å². The highest BCUT2D eigenvalue weighted by Crippen LogP contribution is 2.41. The lowest BCUT2D eigenvalue weighted by atomic mass is 10.1. The van der Waals surface area contributed by atoms with Gasteiger partial charge in [-0.1, -0.05) is 6.07 Å². The van der Waals surface area contributed by atoms with Crippen LogP contribution in [-0.2, 0) is 0 Å². The number of aromatic nitrogens is 2. The van der Waals surface area contributed by atoms with Crippen LogP contribution in [0, 0.1) is 13.8 Å². The molecular weight excluding hydrogens is 258 g/mol. The molecule has 1 heterocycles. The summed E-state index contributed by atoms with van der Waals surface area (Å²) in [4.78, 5) is 4.90. The molecule has 3 aromatic rings. The van der Waals surface area contributed by atoms with Gasteiger partial charge in [-0.25, -0.2) is 4.98 Å². The van der Waals surface area contributed by atoms with Crippen molar-refractivity contribution in [1.29, 1.82) is 0 Å². The van der Waals surface area contributed by atoms with E-state index >= 15 is 0 Å². The number of hydrogen-bond donors (Lipinski definition) is 1. The van der Waals surface area contributed by atoms with Gasteiger partial charge in [0.1, 0.15) is 5.82 Å². The molecule has 21 heavy (non-hydrogen) atoms. The number of imidazole rings is 1. The molecule has 106 valence electrons. The van der Waals surface area contributed by atoms with Crippen LogP contribution in [0.5, 0.6) is 0 Å². The molecule has 0 atom stereocenters. The summed E-state index contributed by atoms with van der Waals surface area (Å²) in [7, 11) is 0. The second-order valence-corrected chi connectivity index (χ2v) is 6.10. The molecule has 2 N–H and O–H groups in total. The van der Waals surface area contributed by atoms with E-state index in [1.165, 1.54) is 23.9 Å². The summed E-state index contributed by atoms with van der Waals surface area (Å²) in [5.41, 5.74) is 12.6. The van der Waals surface area contributed by atoms with E-state index in [9.17, 15) is 0 Å². The average Bonchev–Trinajstić information content (AvgIpc) is 3.22. The molecule has 3 nitrogen and oxygen atoms in total. The Kier molecular flexibility index (Phi) is 2.58. The summed E-state index contributed by atoms with van der Waals surface area (Å²) in [5.74, 6) is 1.07. The Labute approximate surface area is 124 Å². The summed E-state index contributed by atoms with van der Waals surface area (Å²) in [6.07, 6.45) is 2.50. The summed E-state index contributed by atoms with van der Waals surface area (Å²) in [5, 5.41) is 0. The molecule has 1 aliphatic carbocycles. The Bertz CT molecular complexity index is 841. The first-order valence-corrected chi connectivity index (χ1v) is 7.48. The highest BCUT2D eigenvalue weighted by molar-refractivity contribution is 5.82. The predicted octanol–water partition coefficient (Wildman–Crippen LogP) is 4.24. The topological polar surface area (TPSA) is 43.8 Å². The minimum atomic E-state index is 0.602. The predicted molar refractivity (Wildman–Crippen MR) is 87.3 cm³/mol. The third kappa shape index (κ3) is 2.00. The van der Waals surface area contributed by atoms with Crippen molar-refractivity contribution in [3.63, 3.8) is 0 Å². The number of nitrogen functional groups attached to an aromatic ring is 1. The summed E-state index contributed by atoms with van der Waals surface area (Å²) >= 11 is 0. The summed E-state index contributed by atoms with van der Waals surface area (Å²) in [6, 6.07) is 13.3. The van der Waals surface area contributed by atoms with E-state index in [4.69, 9.17) is 10.7 Å². The lowest BCUT2D eigenvalue weighted by Crippen LogP contribution is -1.98. The first-order valence-electron chi connectivity index (χ1n) is 7.48. The Morgan fingerprint density at radius 3 is 2.62 bits per heavy atom. The van der Waals surface area contributed by atoms with E-state index in [1.807, 2.05) is 13.0 Å². The smallest absolute Gasteiger partial charge is 0.141 e. The molecule has 0 amide bonds. The van der Waals surface area contributed by atoms with Gasteiger partial charge in [0.15, 0.2) is 0 Å². The van der Waals surface area contributed by atoms with Crippen molar-refractivity contribution >= 4 is 16.7 Å². The van der Waals surface area contributed by atoms with Crippen LogP contribution in [0.25, 0.3) is 22.4 Å². The molecule has 0 radical (unpaired) electrons. The Morgan fingerprint density at radius 1 is 1.10 bits per heavy atom. The van der Waals surface area contributed by atoms with Crippen LogP contribution in [-0.4, -0.2) is 9.55 Å². The zero-order valence-electron chi connectivity index (χ0n) is 12.4. The van der Waals surface area contributed by atoms with Gasteiger partial charge in [-0.3, -0.25) is 0 Å². The lowest BCUT2D eigenvalue weighted by Gasteiger charge is -2.09. The van der Waals surface area contributed by atoms with Crippen LogP contribution in [0.15, 0.2) is 36.4 Å². The third-order valence-electron chi connectivity index (χ3n) is 4.29. The molecule has 0 saturated heterocycles. The molecule has 1 fully saturated rings. The molecule has 1 saturated carbocycles. The van der Waals surface area contributed by atoms with Crippen LogP contribution in [0.3, 0.4) is 0 Å². The van der Waals surface area contributed by atoms with Gasteiger partial charge in [-0.05, 0) is 68.1 Å². The number of hydrogen-bond acceptors (Lipinski definition) is 2. The summed E-state index contributed by atoms with van der Waals surface area (Å²) in [6.45, 7) is 4.16. The fourth-order valence-corrected chi connectivity index (χ4v) is 2.93. The van der Waals surface area contributed by atoms with Gasteiger partial charge < -0.3 is 10.3 Å². The molecule has 1 aromatic heterocycles. The van der Waals surface area contributed by atoms with Crippen LogP contribution in [0.2, 0.25) is 0 Å². The van der Waals surface area contributed by atoms with Crippen LogP contribution < -0.4 is 5.73 Å². The molecule has 0 unspecified atom stereocenters. The molecule has 0 bridgehead atoms. The van der Waals surface area contributed by atoms with E-state index < -0.39 is 0 Å². The van der Waals surface area contributed by atoms with Gasteiger partial charge in [-0.15, -0.1) is 0 Å². The zero-order chi connectivity index (χ0) is 14.6. The lowest BCUT2D eigenvalue weighted by molar-refractivity contribution is 0.775. The second-order valence-electron chi connectivity index (χ2n) is 6.10. The molecular formula is C18H19N3. The van der Waals surface area contributed by atoms with Gasteiger partial charge in [0.05, 0.1) is 11.0 Å². The third-order valence-corrected chi connectivity index (χ3v) is 4.29. The summed E-state index contributed by atoms with van der Waals surface area (Å²) < 4.78 is 2.40. The maximum Gasteiger partial charge on any atom is 0.141 e. The van der Waals surface area contributed by atoms with Crippen LogP contribution in [0.1, 0.15) is 30.0 Å². The van der Waals surface area contributed by atoms with Crippen molar-refractivity contribution in [3.05, 3.63) is 47.5 Å². The van der Waals surface area contributed by atoms with Crippen LogP contribution >= 0.6 is 0 Å². The second kappa shape index (κ2) is 4.35. The van der Waals surface area contributed by atoms with Crippen molar-refractivity contribution in [1.82, 2.24) is 9.55 Å². The number of nitrogens with zero attached hydrogens (tertiary/aromatic N) is 2. The minimum absolute atomic E-state index is 0.602. The molecule has 4 rings (SSSR count). The Hall–Kier alpha value is -2.29. The number of benzene rings is 2. The first kappa shape index (κ1) is 12.5. The fourth-order valence-electron chi connectivity index (χ4n) is 2.93. The number of nitrogens with two attached hydrogens (primary N) is 1. The van der Waals surface area contributed by atoms with E-state index in [0.29, 0.717) is 6.04 Å². The van der Waals surface area contributed by atoms with Gasteiger partial charge >= 0.3 is 0 Å². The van der Waals surface area contributed by atoms with Crippen LogP contribution in [0.4, 0.5) is 5.69 Å². The highest BCUT2D eigenvalue weighted by atomic mass is 15.1. The normalized spacial score (nSPS) is 14.8. The highest BCUT2D eigenvalue weighted by Gasteiger charge is 2.28. The van der Waals surface area contributed by atoms with Gasteiger partial charge in [0.2, 0.25) is 0 Å². The van der Waals surface area contributed by atoms with Crippen molar-refractivity contribution < 1.29 is 0 Å². The Morgan fingerprint density at radius 2 is 1.90 bits per heavy atom. The maximum absolute atomic E-state index is 5.94. The fraction of sp³-hybridized carbons (Fsp3) is 0.278. The van der Waals surface area contributed by atoms with Crippen molar-refractivity contribution in [2.75, 3.05) is 5.73 Å². The first-order chi connectivity index (χ1) is 10.1. The zero-order valence-corrected chi connectivity index (χ0v) is 12.4. The monoisotopic (exact) mass is 277 g/mol.